The Morgan fingerprint density at radius 2 is 2.33 bits per heavy atom. The highest BCUT2D eigenvalue weighted by molar-refractivity contribution is 7.12. The monoisotopic (exact) mass is 306 g/mol. The molecule has 0 aromatic carbocycles. The molecule has 2 atom stereocenters. The summed E-state index contributed by atoms with van der Waals surface area (Å²) >= 11 is 7.45. The quantitative estimate of drug-likeness (QED) is 0.865. The summed E-state index contributed by atoms with van der Waals surface area (Å²) in [7, 11) is 0. The SMILES string of the molecule is Cl.O=C(c1sccc1Cl)N1CCC2NCCC2C1. The minimum Gasteiger partial charge on any atom is -0.338 e. The van der Waals surface area contributed by atoms with Crippen LogP contribution in [0.15, 0.2) is 11.4 Å². The van der Waals surface area contributed by atoms with E-state index < -0.39 is 0 Å². The summed E-state index contributed by atoms with van der Waals surface area (Å²) in [4.78, 5) is 15.0. The van der Waals surface area contributed by atoms with Gasteiger partial charge in [-0.15, -0.1) is 23.7 Å². The average Bonchev–Trinajstić information content (AvgIpc) is 2.95. The van der Waals surface area contributed by atoms with Gasteiger partial charge in [-0.3, -0.25) is 4.79 Å². The lowest BCUT2D eigenvalue weighted by molar-refractivity contribution is 0.0667. The van der Waals surface area contributed by atoms with Crippen LogP contribution in [-0.2, 0) is 0 Å². The average molecular weight is 307 g/mol. The lowest BCUT2D eigenvalue weighted by Gasteiger charge is -2.34. The fourth-order valence-electron chi connectivity index (χ4n) is 2.82. The summed E-state index contributed by atoms with van der Waals surface area (Å²) in [6, 6.07) is 2.42. The third-order valence-electron chi connectivity index (χ3n) is 3.75. The van der Waals surface area contributed by atoms with Crippen LogP contribution in [0.3, 0.4) is 0 Å². The summed E-state index contributed by atoms with van der Waals surface area (Å²) in [6.45, 7) is 2.82. The Morgan fingerprint density at radius 1 is 1.50 bits per heavy atom. The van der Waals surface area contributed by atoms with E-state index in [-0.39, 0.29) is 18.3 Å². The first kappa shape index (κ1) is 14.1. The molecule has 3 nitrogen and oxygen atoms in total. The lowest BCUT2D eigenvalue weighted by Crippen LogP contribution is -2.46. The number of rotatable bonds is 1. The molecule has 3 heterocycles. The van der Waals surface area contributed by atoms with Crippen molar-refractivity contribution in [2.75, 3.05) is 19.6 Å². The number of hydrogen-bond donors (Lipinski definition) is 1. The first-order chi connectivity index (χ1) is 8.25. The van der Waals surface area contributed by atoms with Gasteiger partial charge in [0.15, 0.2) is 0 Å². The molecular formula is C12H16Cl2N2OS. The number of hydrogen-bond acceptors (Lipinski definition) is 3. The Morgan fingerprint density at radius 3 is 3.06 bits per heavy atom. The number of nitrogens with zero attached hydrogens (tertiary/aromatic N) is 1. The fraction of sp³-hybridized carbons (Fsp3) is 0.583. The van der Waals surface area contributed by atoms with Gasteiger partial charge in [0.05, 0.1) is 5.02 Å². The van der Waals surface area contributed by atoms with Crippen molar-refractivity contribution in [1.82, 2.24) is 10.2 Å². The van der Waals surface area contributed by atoms with Crippen molar-refractivity contribution in [1.29, 1.82) is 0 Å². The van der Waals surface area contributed by atoms with Gasteiger partial charge in [-0.2, -0.15) is 0 Å². The zero-order chi connectivity index (χ0) is 11.8. The molecule has 3 rings (SSSR count). The van der Waals surface area contributed by atoms with Gasteiger partial charge in [-0.1, -0.05) is 11.6 Å². The highest BCUT2D eigenvalue weighted by Gasteiger charge is 2.35. The molecule has 0 saturated carbocycles. The van der Waals surface area contributed by atoms with E-state index in [2.05, 4.69) is 5.32 Å². The van der Waals surface area contributed by atoms with E-state index in [0.717, 1.165) is 26.1 Å². The highest BCUT2D eigenvalue weighted by atomic mass is 35.5. The molecule has 0 bridgehead atoms. The fourth-order valence-corrected chi connectivity index (χ4v) is 3.92. The van der Waals surface area contributed by atoms with E-state index in [4.69, 9.17) is 11.6 Å². The second kappa shape index (κ2) is 5.78. The van der Waals surface area contributed by atoms with Crippen molar-refractivity contribution in [3.8, 4) is 0 Å². The summed E-state index contributed by atoms with van der Waals surface area (Å²) < 4.78 is 0. The molecule has 18 heavy (non-hydrogen) atoms. The van der Waals surface area contributed by atoms with Gasteiger partial charge in [0.25, 0.3) is 5.91 Å². The van der Waals surface area contributed by atoms with Gasteiger partial charge < -0.3 is 10.2 Å². The minimum atomic E-state index is 0. The Balaban J connectivity index is 0.00000120. The summed E-state index contributed by atoms with van der Waals surface area (Å²) in [5.74, 6) is 0.738. The van der Waals surface area contributed by atoms with Gasteiger partial charge >= 0.3 is 0 Å². The van der Waals surface area contributed by atoms with Crippen molar-refractivity contribution in [3.05, 3.63) is 21.3 Å². The van der Waals surface area contributed by atoms with E-state index in [0.29, 0.717) is 21.9 Å². The molecule has 100 valence electrons. The minimum absolute atomic E-state index is 0. The third-order valence-corrected chi connectivity index (χ3v) is 5.08. The second-order valence-corrected chi connectivity index (χ2v) is 6.07. The Hall–Kier alpha value is -0.290. The molecule has 2 saturated heterocycles. The molecule has 0 spiro atoms. The number of fused-ring (bicyclic) bond motifs is 1. The van der Waals surface area contributed by atoms with E-state index in [1.54, 1.807) is 6.07 Å². The van der Waals surface area contributed by atoms with E-state index in [1.807, 2.05) is 10.3 Å². The number of likely N-dealkylation sites (tertiary alicyclic amines) is 1. The normalized spacial score (nSPS) is 26.6. The highest BCUT2D eigenvalue weighted by Crippen LogP contribution is 2.28. The Bertz CT molecular complexity index is 437. The first-order valence-electron chi connectivity index (χ1n) is 6.01. The van der Waals surface area contributed by atoms with Crippen LogP contribution in [-0.4, -0.2) is 36.5 Å². The maximum Gasteiger partial charge on any atom is 0.265 e. The smallest absolute Gasteiger partial charge is 0.265 e. The van der Waals surface area contributed by atoms with Crippen molar-refractivity contribution in [2.24, 2.45) is 5.92 Å². The molecule has 1 aromatic heterocycles. The van der Waals surface area contributed by atoms with Crippen molar-refractivity contribution >= 4 is 41.3 Å². The molecular weight excluding hydrogens is 291 g/mol. The van der Waals surface area contributed by atoms with Gasteiger partial charge in [-0.25, -0.2) is 0 Å². The maximum absolute atomic E-state index is 12.3. The number of carbonyl (C=O) groups is 1. The van der Waals surface area contributed by atoms with Crippen LogP contribution < -0.4 is 5.32 Å². The molecule has 2 fully saturated rings. The second-order valence-electron chi connectivity index (χ2n) is 4.75. The van der Waals surface area contributed by atoms with Gasteiger partial charge in [-0.05, 0) is 36.8 Å². The largest absolute Gasteiger partial charge is 0.338 e. The summed E-state index contributed by atoms with van der Waals surface area (Å²) in [5.41, 5.74) is 0. The number of piperidine rings is 1. The van der Waals surface area contributed by atoms with Crippen molar-refractivity contribution in [3.63, 3.8) is 0 Å². The molecule has 1 aromatic rings. The summed E-state index contributed by atoms with van der Waals surface area (Å²) in [5, 5.41) is 5.97. The molecule has 0 radical (unpaired) electrons. The van der Waals surface area contributed by atoms with E-state index >= 15 is 0 Å². The number of halogens is 2. The first-order valence-corrected chi connectivity index (χ1v) is 7.27. The third kappa shape index (κ3) is 2.52. The Kier molecular flexibility index (Phi) is 4.54. The molecule has 1 amide bonds. The molecule has 2 aliphatic rings. The van der Waals surface area contributed by atoms with Gasteiger partial charge in [0, 0.05) is 19.1 Å². The van der Waals surface area contributed by atoms with Crippen LogP contribution in [0.2, 0.25) is 5.02 Å². The molecule has 1 N–H and O–H groups in total. The number of nitrogens with one attached hydrogen (secondary N) is 1. The number of carbonyl (C=O) groups excluding carboxylic acids is 1. The van der Waals surface area contributed by atoms with Crippen LogP contribution >= 0.6 is 35.3 Å². The molecule has 2 unspecified atom stereocenters. The zero-order valence-corrected chi connectivity index (χ0v) is 12.3. The predicted molar refractivity (Wildman–Crippen MR) is 77.0 cm³/mol. The standard InChI is InChI=1S/C12H15ClN2OS.ClH/c13-9-3-6-17-11(9)12(16)15-5-2-10-8(7-15)1-4-14-10;/h3,6,8,10,14H,1-2,4-5,7H2;1H. The molecule has 0 aliphatic carbocycles. The van der Waals surface area contributed by atoms with Crippen LogP contribution in [0.1, 0.15) is 22.5 Å². The summed E-state index contributed by atoms with van der Waals surface area (Å²) in [6.07, 6.45) is 2.26. The van der Waals surface area contributed by atoms with Crippen molar-refractivity contribution < 1.29 is 4.79 Å². The lowest BCUT2D eigenvalue weighted by atomic mass is 9.93. The van der Waals surface area contributed by atoms with E-state index in [1.165, 1.54) is 17.8 Å². The molecule has 2 aliphatic heterocycles. The predicted octanol–water partition coefficient (Wildman–Crippen LogP) is 2.65. The zero-order valence-electron chi connectivity index (χ0n) is 9.89. The van der Waals surface area contributed by atoms with Crippen LogP contribution in [0, 0.1) is 5.92 Å². The molecule has 6 heteroatoms. The van der Waals surface area contributed by atoms with Crippen molar-refractivity contribution in [2.45, 2.75) is 18.9 Å². The van der Waals surface area contributed by atoms with Gasteiger partial charge in [0.1, 0.15) is 4.88 Å². The topological polar surface area (TPSA) is 32.3 Å². The number of thiophene rings is 1. The Labute approximate surface area is 122 Å². The van der Waals surface area contributed by atoms with Crippen LogP contribution in [0.4, 0.5) is 0 Å². The maximum atomic E-state index is 12.3. The van der Waals surface area contributed by atoms with E-state index in [9.17, 15) is 4.79 Å². The van der Waals surface area contributed by atoms with Crippen LogP contribution in [0.5, 0.6) is 0 Å². The van der Waals surface area contributed by atoms with Gasteiger partial charge in [0.2, 0.25) is 0 Å². The number of amides is 1. The van der Waals surface area contributed by atoms with Crippen LogP contribution in [0.25, 0.3) is 0 Å².